The third kappa shape index (κ3) is 4.93. The van der Waals surface area contributed by atoms with Crippen molar-refractivity contribution < 1.29 is 9.47 Å². The molecule has 0 radical (unpaired) electrons. The molecule has 1 spiro atoms. The molecule has 0 bridgehead atoms. The van der Waals surface area contributed by atoms with Crippen LogP contribution in [0.15, 0.2) is 83.4 Å². The zero-order valence-corrected chi connectivity index (χ0v) is 28.0. The molecule has 0 unspecified atom stereocenters. The Labute approximate surface area is 279 Å². The fraction of sp³-hybridized carbons (Fsp3) is 0.415. The van der Waals surface area contributed by atoms with E-state index in [0.29, 0.717) is 36.6 Å². The minimum absolute atomic E-state index is 0.539. The Morgan fingerprint density at radius 1 is 0.578 bits per heavy atom. The summed E-state index contributed by atoms with van der Waals surface area (Å²) in [4.78, 5) is 0. The molecule has 0 heterocycles. The van der Waals surface area contributed by atoms with Crippen molar-refractivity contribution in [2.45, 2.75) is 76.0 Å². The minimum atomic E-state index is -0.673. The van der Waals surface area contributed by atoms with Gasteiger partial charge < -0.3 is 9.47 Å². The normalized spacial score (nSPS) is 21.8. The van der Waals surface area contributed by atoms with Crippen LogP contribution in [-0.2, 0) is 9.47 Å². The molecule has 8 rings (SSSR count). The molecule has 2 aromatic rings. The Morgan fingerprint density at radius 2 is 1.02 bits per heavy atom. The van der Waals surface area contributed by atoms with Crippen LogP contribution in [0.2, 0.25) is 0 Å². The van der Waals surface area contributed by atoms with Crippen molar-refractivity contribution in [2.24, 2.45) is 5.41 Å². The Kier molecular flexibility index (Phi) is 8.16. The van der Waals surface area contributed by atoms with Crippen molar-refractivity contribution in [3.8, 4) is 0 Å². The second-order valence-corrected chi connectivity index (χ2v) is 14.5. The van der Waals surface area contributed by atoms with E-state index in [2.05, 4.69) is 98.1 Å². The van der Waals surface area contributed by atoms with Crippen molar-refractivity contribution in [3.63, 3.8) is 0 Å². The van der Waals surface area contributed by atoms with E-state index >= 15 is 0 Å². The molecule has 0 N–H and O–H groups in total. The number of hydrogen-bond acceptors (Lipinski definition) is 4. The molecule has 0 aliphatic heterocycles. The summed E-state index contributed by atoms with van der Waals surface area (Å²) >= 11 is 9.08. The topological polar surface area (TPSA) is 18.5 Å². The highest BCUT2D eigenvalue weighted by Crippen LogP contribution is 2.64. The third-order valence-corrected chi connectivity index (χ3v) is 11.5. The van der Waals surface area contributed by atoms with Crippen LogP contribution in [0.25, 0.3) is 23.3 Å². The Bertz CT molecular complexity index is 1560. The van der Waals surface area contributed by atoms with Crippen molar-refractivity contribution >= 4 is 48.6 Å². The Hall–Kier alpha value is -2.82. The van der Waals surface area contributed by atoms with Crippen LogP contribution in [-0.4, -0.2) is 24.7 Å². The first-order valence-electron chi connectivity index (χ1n) is 17.3. The van der Waals surface area contributed by atoms with E-state index in [1.54, 1.807) is 0 Å². The van der Waals surface area contributed by atoms with Gasteiger partial charge in [-0.1, -0.05) is 87.1 Å². The number of allylic oxidation sites excluding steroid dienone is 6. The van der Waals surface area contributed by atoms with Gasteiger partial charge in [0.1, 0.15) is 16.9 Å². The van der Waals surface area contributed by atoms with Crippen LogP contribution in [0.3, 0.4) is 0 Å². The number of ether oxygens (including phenoxy) is 2. The smallest absolute Gasteiger partial charge is 0.136 e. The van der Waals surface area contributed by atoms with E-state index in [-0.39, 0.29) is 0 Å². The van der Waals surface area contributed by atoms with E-state index in [4.69, 9.17) is 9.47 Å². The van der Waals surface area contributed by atoms with Crippen LogP contribution in [0.1, 0.15) is 109 Å². The molecule has 6 aliphatic rings. The van der Waals surface area contributed by atoms with Gasteiger partial charge in [0.15, 0.2) is 0 Å². The molecule has 0 amide bonds. The van der Waals surface area contributed by atoms with E-state index in [0.717, 1.165) is 11.5 Å². The fourth-order valence-corrected chi connectivity index (χ4v) is 9.18. The highest BCUT2D eigenvalue weighted by Gasteiger charge is 2.55. The molecule has 232 valence electrons. The van der Waals surface area contributed by atoms with Gasteiger partial charge in [-0.15, -0.1) is 0 Å². The Balaban J connectivity index is 1.28. The summed E-state index contributed by atoms with van der Waals surface area (Å²) in [6.45, 7) is 1.08. The largest absolute Gasteiger partial charge is 0.495 e. The summed E-state index contributed by atoms with van der Waals surface area (Å²) in [5.74, 6) is 4.49. The Morgan fingerprint density at radius 3 is 1.44 bits per heavy atom. The molecule has 0 atom stereocenters. The molecule has 0 aromatic heterocycles. The maximum atomic E-state index is 6.68. The van der Waals surface area contributed by atoms with Gasteiger partial charge >= 0.3 is 0 Å². The predicted molar refractivity (Wildman–Crippen MR) is 195 cm³/mol. The number of hydrogen-bond donors (Lipinski definition) is 2. The first kappa shape index (κ1) is 29.6. The van der Waals surface area contributed by atoms with Crippen molar-refractivity contribution in [1.29, 1.82) is 0 Å². The van der Waals surface area contributed by atoms with Gasteiger partial charge in [-0.05, 0) is 117 Å². The molecule has 45 heavy (non-hydrogen) atoms. The van der Waals surface area contributed by atoms with Crippen molar-refractivity contribution in [1.82, 2.24) is 0 Å². The number of thiol groups is 2. The monoisotopic (exact) mass is 632 g/mol. The zero-order valence-electron chi connectivity index (χ0n) is 26.2. The molecular formula is C41H44O2S2. The fourth-order valence-electron chi connectivity index (χ4n) is 9.00. The molecule has 2 fully saturated rings. The van der Waals surface area contributed by atoms with Gasteiger partial charge in [-0.25, -0.2) is 0 Å². The van der Waals surface area contributed by atoms with Crippen LogP contribution in [0, 0.1) is 5.41 Å². The molecule has 2 aromatic carbocycles. The lowest BCUT2D eigenvalue weighted by Crippen LogP contribution is -2.36. The molecule has 4 heteroatoms. The van der Waals surface area contributed by atoms with Crippen molar-refractivity contribution in [3.05, 3.63) is 117 Å². The standard InChI is InChI=1S/C41H44O2S2/c44-21-19-42-39-17-15-35-33-13-11-29(27-7-3-1-4-8-27)23-31(33)25-37(35)41(39)38-26-32-24-30(28-9-5-2-6-10-28)12-14-34(32)36(38)16-18-40(41)43-20-22-45/h11-18,23-28,44-45H,1-10,19-22H2. The quantitative estimate of drug-likeness (QED) is 0.282. The summed E-state index contributed by atoms with van der Waals surface area (Å²) < 4.78 is 13.4. The van der Waals surface area contributed by atoms with Gasteiger partial charge in [0.25, 0.3) is 0 Å². The SMILES string of the molecule is SCCOC1=CC=C2C(=Cc3cc(C4CCCCC4)ccc32)C12C(OCCS)=CC=C1C2=Cc2cc(C3CCCCC3)ccc21. The van der Waals surface area contributed by atoms with Gasteiger partial charge in [0, 0.05) is 11.5 Å². The van der Waals surface area contributed by atoms with Gasteiger partial charge in [0.2, 0.25) is 0 Å². The zero-order chi connectivity index (χ0) is 30.4. The number of benzene rings is 2. The summed E-state index contributed by atoms with van der Waals surface area (Å²) in [6.07, 6.45) is 27.2. The average Bonchev–Trinajstić information content (AvgIpc) is 3.67. The van der Waals surface area contributed by atoms with E-state index < -0.39 is 5.41 Å². The lowest BCUT2D eigenvalue weighted by Gasteiger charge is -2.44. The van der Waals surface area contributed by atoms with Crippen LogP contribution < -0.4 is 0 Å². The first-order chi connectivity index (χ1) is 22.2. The first-order valence-corrected chi connectivity index (χ1v) is 18.5. The second kappa shape index (κ2) is 12.4. The van der Waals surface area contributed by atoms with Crippen LogP contribution >= 0.6 is 25.3 Å². The molecule has 0 saturated heterocycles. The molecule has 2 nitrogen and oxygen atoms in total. The lowest BCUT2D eigenvalue weighted by atomic mass is 9.63. The average molecular weight is 633 g/mol. The summed E-state index contributed by atoms with van der Waals surface area (Å²) in [5, 5.41) is 0. The summed E-state index contributed by atoms with van der Waals surface area (Å²) in [5.41, 5.74) is 12.7. The molecule has 6 aliphatic carbocycles. The lowest BCUT2D eigenvalue weighted by molar-refractivity contribution is 0.132. The summed E-state index contributed by atoms with van der Waals surface area (Å²) in [6, 6.07) is 14.5. The van der Waals surface area contributed by atoms with Crippen LogP contribution in [0.4, 0.5) is 0 Å². The van der Waals surface area contributed by atoms with Gasteiger partial charge in [0.05, 0.1) is 13.2 Å². The maximum Gasteiger partial charge on any atom is 0.136 e. The number of fused-ring (bicyclic) bond motifs is 8. The second-order valence-electron chi connectivity index (χ2n) is 13.6. The highest BCUT2D eigenvalue weighted by molar-refractivity contribution is 7.80. The van der Waals surface area contributed by atoms with E-state index in [9.17, 15) is 0 Å². The third-order valence-electron chi connectivity index (χ3n) is 11.1. The maximum absolute atomic E-state index is 6.68. The minimum Gasteiger partial charge on any atom is -0.495 e. The summed E-state index contributed by atoms with van der Waals surface area (Å²) in [7, 11) is 0. The van der Waals surface area contributed by atoms with E-state index in [1.807, 2.05) is 0 Å². The van der Waals surface area contributed by atoms with Crippen LogP contribution in [0.5, 0.6) is 0 Å². The van der Waals surface area contributed by atoms with Crippen molar-refractivity contribution in [2.75, 3.05) is 24.7 Å². The van der Waals surface area contributed by atoms with Gasteiger partial charge in [-0.3, -0.25) is 0 Å². The van der Waals surface area contributed by atoms with E-state index in [1.165, 1.54) is 120 Å². The molecule has 2 saturated carbocycles. The predicted octanol–water partition coefficient (Wildman–Crippen LogP) is 10.7. The van der Waals surface area contributed by atoms with Gasteiger partial charge in [-0.2, -0.15) is 25.3 Å². The number of rotatable bonds is 8. The highest BCUT2D eigenvalue weighted by atomic mass is 32.1. The molecular weight excluding hydrogens is 589 g/mol.